The fourth-order valence-corrected chi connectivity index (χ4v) is 4.37. The molecule has 1 unspecified atom stereocenters. The highest BCUT2D eigenvalue weighted by Gasteiger charge is 2.44. The molecular formula is C25H33NO6. The number of allylic oxidation sites excluding steroid dienone is 1. The molecular weight excluding hydrogens is 410 g/mol. The molecule has 0 aromatic heterocycles. The number of aliphatic imine (C=N–C) groups is 1. The number of ether oxygens (including phenoxy) is 4. The first kappa shape index (κ1) is 24.0. The Hall–Kier alpha value is -2.67. The topological polar surface area (TPSA) is 83.4 Å². The monoisotopic (exact) mass is 443 g/mol. The highest BCUT2D eigenvalue weighted by atomic mass is 16.6. The van der Waals surface area contributed by atoms with E-state index in [0.717, 1.165) is 30.5 Å². The van der Waals surface area contributed by atoms with Gasteiger partial charge < -0.3 is 18.9 Å². The Balaban J connectivity index is 2.01. The largest absolute Gasteiger partial charge is 0.493 e. The van der Waals surface area contributed by atoms with Crippen LogP contribution in [0, 0.1) is 5.92 Å². The van der Waals surface area contributed by atoms with Gasteiger partial charge in [0.2, 0.25) is 0 Å². The number of ketones is 1. The van der Waals surface area contributed by atoms with Gasteiger partial charge in [-0.15, -0.1) is 0 Å². The zero-order chi connectivity index (χ0) is 23.1. The summed E-state index contributed by atoms with van der Waals surface area (Å²) in [7, 11) is 1.58. The minimum atomic E-state index is -0.469. The van der Waals surface area contributed by atoms with Crippen molar-refractivity contribution in [2.75, 3.05) is 33.5 Å². The average Bonchev–Trinajstić information content (AvgIpc) is 2.79. The molecule has 7 nitrogen and oxygen atoms in total. The smallest absolute Gasteiger partial charge is 0.336 e. The van der Waals surface area contributed by atoms with E-state index in [1.165, 1.54) is 0 Å². The van der Waals surface area contributed by atoms with Crippen molar-refractivity contribution in [2.45, 2.75) is 52.4 Å². The molecule has 1 heterocycles. The van der Waals surface area contributed by atoms with Gasteiger partial charge in [-0.2, -0.15) is 0 Å². The number of methoxy groups -OCH3 is 1. The number of hydrogen-bond donors (Lipinski definition) is 0. The molecule has 1 saturated carbocycles. The molecule has 1 fully saturated rings. The van der Waals surface area contributed by atoms with Crippen molar-refractivity contribution in [3.63, 3.8) is 0 Å². The predicted molar refractivity (Wildman–Crippen MR) is 121 cm³/mol. The predicted octanol–water partition coefficient (Wildman–Crippen LogP) is 4.25. The van der Waals surface area contributed by atoms with Crippen LogP contribution >= 0.6 is 0 Å². The maximum atomic E-state index is 13.1. The molecule has 1 aliphatic heterocycles. The minimum Gasteiger partial charge on any atom is -0.493 e. The lowest BCUT2D eigenvalue weighted by Crippen LogP contribution is -2.39. The molecule has 3 rings (SSSR count). The van der Waals surface area contributed by atoms with Gasteiger partial charge in [-0.1, -0.05) is 13.0 Å². The van der Waals surface area contributed by atoms with Crippen LogP contribution in [0.25, 0.3) is 0 Å². The van der Waals surface area contributed by atoms with Crippen molar-refractivity contribution >= 4 is 17.5 Å². The van der Waals surface area contributed by atoms with Gasteiger partial charge in [0.1, 0.15) is 12.4 Å². The third-order valence-corrected chi connectivity index (χ3v) is 5.80. The lowest BCUT2D eigenvalue weighted by molar-refractivity contribution is -0.141. The first-order valence-electron chi connectivity index (χ1n) is 11.4. The number of carbonyl (C=O) groups excluding carboxylic acids is 2. The Labute approximate surface area is 189 Å². The van der Waals surface area contributed by atoms with Crippen LogP contribution in [0.2, 0.25) is 0 Å². The summed E-state index contributed by atoms with van der Waals surface area (Å²) in [6, 6.07) is 5.61. The second kappa shape index (κ2) is 11.3. The minimum absolute atomic E-state index is 0.109. The molecule has 0 bridgehead atoms. The van der Waals surface area contributed by atoms with E-state index in [2.05, 4.69) is 4.99 Å². The zero-order valence-corrected chi connectivity index (χ0v) is 19.4. The number of fused-ring (bicyclic) bond motifs is 1. The van der Waals surface area contributed by atoms with E-state index in [1.807, 2.05) is 39.0 Å². The van der Waals surface area contributed by atoms with E-state index in [1.54, 1.807) is 7.11 Å². The van der Waals surface area contributed by atoms with Crippen molar-refractivity contribution in [2.24, 2.45) is 10.9 Å². The SMILES string of the molecule is CCCOc1ccc([C@H]2C(C(=O)OCCOCC)=C(C)N=C3CCCC(=O)C32)cc1OC. The first-order valence-corrected chi connectivity index (χ1v) is 11.4. The summed E-state index contributed by atoms with van der Waals surface area (Å²) in [5.41, 5.74) is 2.69. The maximum absolute atomic E-state index is 13.1. The van der Waals surface area contributed by atoms with Crippen molar-refractivity contribution in [1.82, 2.24) is 0 Å². The third kappa shape index (κ3) is 5.21. The van der Waals surface area contributed by atoms with Gasteiger partial charge in [0, 0.05) is 30.4 Å². The van der Waals surface area contributed by atoms with Crippen LogP contribution in [0.3, 0.4) is 0 Å². The summed E-state index contributed by atoms with van der Waals surface area (Å²) in [4.78, 5) is 30.8. The second-order valence-corrected chi connectivity index (χ2v) is 7.97. The molecule has 174 valence electrons. The molecule has 7 heteroatoms. The van der Waals surface area contributed by atoms with E-state index in [9.17, 15) is 9.59 Å². The third-order valence-electron chi connectivity index (χ3n) is 5.80. The quantitative estimate of drug-likeness (QED) is 0.397. The van der Waals surface area contributed by atoms with Gasteiger partial charge in [-0.3, -0.25) is 9.79 Å². The molecule has 0 amide bonds. The van der Waals surface area contributed by atoms with Crippen molar-refractivity contribution in [1.29, 1.82) is 0 Å². The van der Waals surface area contributed by atoms with Gasteiger partial charge >= 0.3 is 5.97 Å². The van der Waals surface area contributed by atoms with Gasteiger partial charge in [-0.25, -0.2) is 4.79 Å². The highest BCUT2D eigenvalue weighted by molar-refractivity contribution is 6.11. The molecule has 1 aromatic rings. The van der Waals surface area contributed by atoms with Crippen LogP contribution in [0.1, 0.15) is 57.9 Å². The lowest BCUT2D eigenvalue weighted by Gasteiger charge is -2.35. The van der Waals surface area contributed by atoms with Crippen LogP contribution < -0.4 is 9.47 Å². The lowest BCUT2D eigenvalue weighted by atomic mass is 9.69. The Morgan fingerprint density at radius 1 is 1.09 bits per heavy atom. The standard InChI is InChI=1S/C25H33NO6/c1-5-12-31-20-11-10-17(15-21(20)29-4)23-22(25(28)32-14-13-30-6-2)16(3)26-18-8-7-9-19(27)24(18)23/h10-11,15,23-24H,5-9,12-14H2,1-4H3/t23-,24?/m0/s1. The summed E-state index contributed by atoms with van der Waals surface area (Å²) >= 11 is 0. The van der Waals surface area contributed by atoms with Gasteiger partial charge in [0.15, 0.2) is 11.5 Å². The van der Waals surface area contributed by atoms with E-state index in [-0.39, 0.29) is 12.4 Å². The van der Waals surface area contributed by atoms with E-state index < -0.39 is 17.8 Å². The Morgan fingerprint density at radius 2 is 1.91 bits per heavy atom. The number of rotatable bonds is 10. The summed E-state index contributed by atoms with van der Waals surface area (Å²) < 4.78 is 22.1. The molecule has 2 atom stereocenters. The molecule has 1 aromatic carbocycles. The summed E-state index contributed by atoms with van der Waals surface area (Å²) in [5, 5.41) is 0. The fourth-order valence-electron chi connectivity index (χ4n) is 4.37. The maximum Gasteiger partial charge on any atom is 0.336 e. The number of benzene rings is 1. The van der Waals surface area contributed by atoms with Crippen molar-refractivity contribution in [3.05, 3.63) is 35.0 Å². The Kier molecular flexibility index (Phi) is 8.45. The van der Waals surface area contributed by atoms with Crippen molar-refractivity contribution < 1.29 is 28.5 Å². The van der Waals surface area contributed by atoms with Crippen LogP contribution in [0.4, 0.5) is 0 Å². The molecule has 2 aliphatic rings. The van der Waals surface area contributed by atoms with Crippen LogP contribution in [-0.2, 0) is 19.1 Å². The van der Waals surface area contributed by atoms with Gasteiger partial charge in [0.25, 0.3) is 0 Å². The fraction of sp³-hybridized carbons (Fsp3) is 0.560. The number of nitrogens with zero attached hydrogens (tertiary/aromatic N) is 1. The van der Waals surface area contributed by atoms with E-state index >= 15 is 0 Å². The number of esters is 1. The van der Waals surface area contributed by atoms with Crippen LogP contribution in [0.5, 0.6) is 11.5 Å². The summed E-state index contributed by atoms with van der Waals surface area (Å²) in [6.45, 7) is 7.34. The van der Waals surface area contributed by atoms with Gasteiger partial charge in [0.05, 0.1) is 31.8 Å². The molecule has 0 spiro atoms. The average molecular weight is 444 g/mol. The number of Topliss-reactive ketones (excluding diaryl/α,β-unsaturated/α-hetero) is 1. The number of hydrogen-bond acceptors (Lipinski definition) is 7. The zero-order valence-electron chi connectivity index (χ0n) is 19.4. The molecule has 0 radical (unpaired) electrons. The molecule has 0 N–H and O–H groups in total. The molecule has 32 heavy (non-hydrogen) atoms. The summed E-state index contributed by atoms with van der Waals surface area (Å²) in [5.74, 6) is -0.0710. The molecule has 0 saturated heterocycles. The number of carbonyl (C=O) groups is 2. The van der Waals surface area contributed by atoms with E-state index in [0.29, 0.717) is 49.0 Å². The summed E-state index contributed by atoms with van der Waals surface area (Å²) in [6.07, 6.45) is 2.91. The van der Waals surface area contributed by atoms with Crippen LogP contribution in [0.15, 0.2) is 34.5 Å². The Morgan fingerprint density at radius 3 is 2.62 bits per heavy atom. The Bertz CT molecular complexity index is 904. The molecule has 1 aliphatic carbocycles. The van der Waals surface area contributed by atoms with Crippen molar-refractivity contribution in [3.8, 4) is 11.5 Å². The van der Waals surface area contributed by atoms with Crippen LogP contribution in [-0.4, -0.2) is 51.0 Å². The normalized spacial score (nSPS) is 20.5. The first-order chi connectivity index (χ1) is 15.5. The van der Waals surface area contributed by atoms with Gasteiger partial charge in [-0.05, 0) is 50.8 Å². The van der Waals surface area contributed by atoms with E-state index in [4.69, 9.17) is 18.9 Å². The second-order valence-electron chi connectivity index (χ2n) is 7.97. The highest BCUT2D eigenvalue weighted by Crippen LogP contribution is 2.45.